The number of carbonyl (C=O) groups is 1. The number of carbonyl (C=O) groups excluding carboxylic acids is 1. The minimum Gasteiger partial charge on any atom is -0.288 e. The lowest BCUT2D eigenvalue weighted by atomic mass is 10.1. The summed E-state index contributed by atoms with van der Waals surface area (Å²) in [6.45, 7) is 2.62. The zero-order valence-electron chi connectivity index (χ0n) is 9.44. The molecule has 1 rings (SSSR count). The van der Waals surface area contributed by atoms with Crippen LogP contribution in [0.3, 0.4) is 0 Å². The Bertz CT molecular complexity index is 367. The van der Waals surface area contributed by atoms with Crippen molar-refractivity contribution in [1.82, 2.24) is 10.4 Å². The van der Waals surface area contributed by atoms with Crippen molar-refractivity contribution in [2.24, 2.45) is 0 Å². The Hall–Kier alpha value is -1.79. The first kappa shape index (κ1) is 12.3. The molecule has 1 amide bonds. The maximum Gasteiger partial charge on any atom is 0.231 e. The number of hydrazine groups is 1. The molecule has 0 bridgehead atoms. The molecule has 16 heavy (non-hydrogen) atoms. The fourth-order valence-electron chi connectivity index (χ4n) is 1.42. The molecule has 0 fully saturated rings. The summed E-state index contributed by atoms with van der Waals surface area (Å²) in [5, 5.41) is 1.75. The largest absolute Gasteiger partial charge is 0.288 e. The molecule has 3 heteroatoms. The predicted molar refractivity (Wildman–Crippen MR) is 64.4 cm³/mol. The zero-order chi connectivity index (χ0) is 11.8. The van der Waals surface area contributed by atoms with Gasteiger partial charge in [0, 0.05) is 13.5 Å². The van der Waals surface area contributed by atoms with Crippen LogP contribution in [0.15, 0.2) is 30.3 Å². The van der Waals surface area contributed by atoms with Crippen molar-refractivity contribution >= 4 is 5.91 Å². The van der Waals surface area contributed by atoms with Crippen LogP contribution in [-0.4, -0.2) is 24.0 Å². The van der Waals surface area contributed by atoms with Crippen LogP contribution < -0.4 is 5.43 Å². The van der Waals surface area contributed by atoms with Crippen LogP contribution in [0, 0.1) is 12.3 Å². The fraction of sp³-hybridized carbons (Fsp3) is 0.308. The van der Waals surface area contributed by atoms with E-state index in [1.807, 2.05) is 18.2 Å². The molecule has 0 aliphatic carbocycles. The lowest BCUT2D eigenvalue weighted by Gasteiger charge is -2.19. The molecule has 1 aromatic rings. The summed E-state index contributed by atoms with van der Waals surface area (Å²) in [5.74, 6) is 2.43. The number of hydrogen-bond acceptors (Lipinski definition) is 2. The van der Waals surface area contributed by atoms with Crippen LogP contribution in [0.5, 0.6) is 0 Å². The van der Waals surface area contributed by atoms with E-state index in [-0.39, 0.29) is 5.91 Å². The van der Waals surface area contributed by atoms with Crippen LogP contribution in [-0.2, 0) is 11.2 Å². The van der Waals surface area contributed by atoms with E-state index in [1.54, 1.807) is 5.01 Å². The van der Waals surface area contributed by atoms with Gasteiger partial charge in [0.15, 0.2) is 0 Å². The van der Waals surface area contributed by atoms with Gasteiger partial charge in [0.25, 0.3) is 0 Å². The first-order valence-electron chi connectivity index (χ1n) is 5.22. The second-order valence-corrected chi connectivity index (χ2v) is 3.53. The topological polar surface area (TPSA) is 32.3 Å². The van der Waals surface area contributed by atoms with Crippen LogP contribution >= 0.6 is 0 Å². The summed E-state index contributed by atoms with van der Waals surface area (Å²) >= 11 is 0. The molecule has 0 atom stereocenters. The Labute approximate surface area is 96.4 Å². The predicted octanol–water partition coefficient (Wildman–Crippen LogP) is 1.22. The highest BCUT2D eigenvalue weighted by atomic mass is 16.2. The number of rotatable bonds is 5. The SMILES string of the molecule is C#CCN(CCc1ccccc1)NC(C)=O. The lowest BCUT2D eigenvalue weighted by molar-refractivity contribution is -0.123. The van der Waals surface area contributed by atoms with Gasteiger partial charge in [-0.05, 0) is 12.0 Å². The van der Waals surface area contributed by atoms with Crippen molar-refractivity contribution in [2.75, 3.05) is 13.1 Å². The van der Waals surface area contributed by atoms with Gasteiger partial charge in [-0.25, -0.2) is 5.01 Å². The smallest absolute Gasteiger partial charge is 0.231 e. The van der Waals surface area contributed by atoms with Gasteiger partial charge in [0.2, 0.25) is 5.91 Å². The second-order valence-electron chi connectivity index (χ2n) is 3.53. The molecule has 0 spiro atoms. The van der Waals surface area contributed by atoms with Crippen molar-refractivity contribution in [1.29, 1.82) is 0 Å². The highest BCUT2D eigenvalue weighted by molar-refractivity contribution is 5.72. The molecule has 0 saturated carbocycles. The molecule has 0 saturated heterocycles. The Morgan fingerprint density at radius 1 is 1.44 bits per heavy atom. The third-order valence-corrected chi connectivity index (χ3v) is 2.11. The van der Waals surface area contributed by atoms with E-state index in [0.29, 0.717) is 13.1 Å². The Morgan fingerprint density at radius 2 is 2.12 bits per heavy atom. The minimum absolute atomic E-state index is 0.0942. The summed E-state index contributed by atoms with van der Waals surface area (Å²) in [5.41, 5.74) is 3.93. The zero-order valence-corrected chi connectivity index (χ0v) is 9.44. The molecule has 0 radical (unpaired) electrons. The molecule has 1 N–H and O–H groups in total. The van der Waals surface area contributed by atoms with Crippen LogP contribution in [0.2, 0.25) is 0 Å². The number of amides is 1. The van der Waals surface area contributed by atoms with Crippen molar-refractivity contribution in [3.05, 3.63) is 35.9 Å². The second kappa shape index (κ2) is 6.65. The molecule has 0 aliphatic heterocycles. The molecule has 0 unspecified atom stereocenters. The summed E-state index contributed by atoms with van der Waals surface area (Å²) < 4.78 is 0. The number of benzene rings is 1. The van der Waals surface area contributed by atoms with Gasteiger partial charge in [0.05, 0.1) is 6.54 Å². The third-order valence-electron chi connectivity index (χ3n) is 2.11. The van der Waals surface area contributed by atoms with Gasteiger partial charge in [-0.1, -0.05) is 36.3 Å². The number of nitrogens with zero attached hydrogens (tertiary/aromatic N) is 1. The summed E-state index contributed by atoms with van der Waals surface area (Å²) in [6, 6.07) is 10.1. The maximum absolute atomic E-state index is 10.9. The van der Waals surface area contributed by atoms with Gasteiger partial charge in [0.1, 0.15) is 0 Å². The fourth-order valence-corrected chi connectivity index (χ4v) is 1.42. The monoisotopic (exact) mass is 216 g/mol. The maximum atomic E-state index is 10.9. The van der Waals surface area contributed by atoms with E-state index in [9.17, 15) is 4.79 Å². The van der Waals surface area contributed by atoms with E-state index in [4.69, 9.17) is 6.42 Å². The minimum atomic E-state index is -0.0942. The summed E-state index contributed by atoms with van der Waals surface area (Å²) in [7, 11) is 0. The molecule has 3 nitrogen and oxygen atoms in total. The van der Waals surface area contributed by atoms with Crippen molar-refractivity contribution < 1.29 is 4.79 Å². The Balaban J connectivity index is 2.44. The molecule has 0 heterocycles. The lowest BCUT2D eigenvalue weighted by Crippen LogP contribution is -2.42. The summed E-state index contributed by atoms with van der Waals surface area (Å²) in [4.78, 5) is 10.9. The van der Waals surface area contributed by atoms with Crippen LogP contribution in [0.25, 0.3) is 0 Å². The van der Waals surface area contributed by atoms with Crippen LogP contribution in [0.1, 0.15) is 12.5 Å². The van der Waals surface area contributed by atoms with E-state index >= 15 is 0 Å². The number of hydrogen-bond donors (Lipinski definition) is 1. The van der Waals surface area contributed by atoms with Gasteiger partial charge >= 0.3 is 0 Å². The van der Waals surface area contributed by atoms with E-state index in [2.05, 4.69) is 23.5 Å². The molecule has 84 valence electrons. The highest BCUT2D eigenvalue weighted by Crippen LogP contribution is 2.00. The van der Waals surface area contributed by atoms with Gasteiger partial charge in [-0.15, -0.1) is 6.42 Å². The van der Waals surface area contributed by atoms with Gasteiger partial charge in [-0.3, -0.25) is 10.2 Å². The van der Waals surface area contributed by atoms with Crippen molar-refractivity contribution in [3.63, 3.8) is 0 Å². The van der Waals surface area contributed by atoms with Gasteiger partial charge in [-0.2, -0.15) is 0 Å². The molecular formula is C13H16N2O. The molecule has 0 aliphatic rings. The Morgan fingerprint density at radius 3 is 2.69 bits per heavy atom. The standard InChI is InChI=1S/C13H16N2O/c1-3-10-15(14-12(2)16)11-9-13-7-5-4-6-8-13/h1,4-8H,9-11H2,2H3,(H,14,16). The normalized spacial score (nSPS) is 9.81. The molecular weight excluding hydrogens is 200 g/mol. The quantitative estimate of drug-likeness (QED) is 0.593. The van der Waals surface area contributed by atoms with Gasteiger partial charge < -0.3 is 0 Å². The van der Waals surface area contributed by atoms with Crippen molar-refractivity contribution in [2.45, 2.75) is 13.3 Å². The first-order valence-corrected chi connectivity index (χ1v) is 5.22. The first-order chi connectivity index (χ1) is 7.72. The van der Waals surface area contributed by atoms with E-state index in [0.717, 1.165) is 6.42 Å². The average molecular weight is 216 g/mol. The summed E-state index contributed by atoms with van der Waals surface area (Å²) in [6.07, 6.45) is 6.10. The number of nitrogens with one attached hydrogen (secondary N) is 1. The van der Waals surface area contributed by atoms with Crippen molar-refractivity contribution in [3.8, 4) is 12.3 Å². The van der Waals surface area contributed by atoms with E-state index < -0.39 is 0 Å². The Kier molecular flexibility index (Phi) is 5.10. The van der Waals surface area contributed by atoms with Crippen LogP contribution in [0.4, 0.5) is 0 Å². The number of terminal acetylenes is 1. The molecule has 0 aromatic heterocycles. The molecule has 1 aromatic carbocycles. The highest BCUT2D eigenvalue weighted by Gasteiger charge is 2.04. The third kappa shape index (κ3) is 4.63. The van der Waals surface area contributed by atoms with E-state index in [1.165, 1.54) is 12.5 Å². The average Bonchev–Trinajstić information content (AvgIpc) is 2.27.